The third kappa shape index (κ3) is 4.17. The van der Waals surface area contributed by atoms with Gasteiger partial charge < -0.3 is 10.1 Å². The molecule has 2 rings (SSSR count). The van der Waals surface area contributed by atoms with Crippen molar-refractivity contribution in [1.82, 2.24) is 4.90 Å². The molecule has 0 saturated carbocycles. The fourth-order valence-electron chi connectivity index (χ4n) is 1.78. The van der Waals surface area contributed by atoms with E-state index in [1.54, 1.807) is 6.07 Å². The smallest absolute Gasteiger partial charge is 0.225 e. The monoisotopic (exact) mass is 233 g/mol. The van der Waals surface area contributed by atoms with E-state index in [1.165, 1.54) is 0 Å². The quantitative estimate of drug-likeness (QED) is 0.848. The van der Waals surface area contributed by atoms with Gasteiger partial charge in [0.15, 0.2) is 0 Å². The normalized spacial score (nSPS) is 16.7. The first kappa shape index (κ1) is 12.1. The van der Waals surface area contributed by atoms with Gasteiger partial charge in [-0.15, -0.1) is 0 Å². The van der Waals surface area contributed by atoms with Gasteiger partial charge in [0, 0.05) is 31.7 Å². The highest BCUT2D eigenvalue weighted by atomic mass is 16.5. The molecule has 1 radical (unpaired) electrons. The molecule has 1 aromatic rings. The van der Waals surface area contributed by atoms with Crippen molar-refractivity contribution >= 4 is 11.6 Å². The van der Waals surface area contributed by atoms with E-state index in [0.717, 1.165) is 38.5 Å². The molecule has 0 spiro atoms. The van der Waals surface area contributed by atoms with Crippen LogP contribution in [0.2, 0.25) is 0 Å². The van der Waals surface area contributed by atoms with Crippen LogP contribution in [0.5, 0.6) is 0 Å². The summed E-state index contributed by atoms with van der Waals surface area (Å²) in [7, 11) is 0. The SMILES string of the molecule is O=C(CCN1CCOCC1)Nc1c[c]ccc1. The standard InChI is InChI=1S/C13H17N2O2/c16-13(14-12-4-2-1-3-5-12)6-7-15-8-10-17-11-9-15/h1-2,4-5H,6-11H2,(H,14,16). The van der Waals surface area contributed by atoms with E-state index in [-0.39, 0.29) is 5.91 Å². The molecule has 0 aliphatic carbocycles. The van der Waals surface area contributed by atoms with Crippen LogP contribution in [0.25, 0.3) is 0 Å². The number of nitrogens with one attached hydrogen (secondary N) is 1. The van der Waals surface area contributed by atoms with E-state index >= 15 is 0 Å². The third-order valence-corrected chi connectivity index (χ3v) is 2.75. The van der Waals surface area contributed by atoms with Crippen LogP contribution in [0.4, 0.5) is 5.69 Å². The van der Waals surface area contributed by atoms with E-state index in [4.69, 9.17) is 4.74 Å². The van der Waals surface area contributed by atoms with Crippen LogP contribution in [0.1, 0.15) is 6.42 Å². The Kier molecular flexibility index (Phi) is 4.53. The van der Waals surface area contributed by atoms with Crippen molar-refractivity contribution in [3.8, 4) is 0 Å². The van der Waals surface area contributed by atoms with Crippen LogP contribution in [-0.2, 0) is 9.53 Å². The van der Waals surface area contributed by atoms with Crippen molar-refractivity contribution < 1.29 is 9.53 Å². The predicted molar refractivity (Wildman–Crippen MR) is 65.8 cm³/mol. The number of morpholine rings is 1. The zero-order valence-electron chi connectivity index (χ0n) is 9.82. The lowest BCUT2D eigenvalue weighted by atomic mass is 10.3. The first-order valence-corrected chi connectivity index (χ1v) is 5.91. The molecule has 1 heterocycles. The van der Waals surface area contributed by atoms with Crippen molar-refractivity contribution in [3.05, 3.63) is 30.3 Å². The van der Waals surface area contributed by atoms with Gasteiger partial charge in [-0.25, -0.2) is 0 Å². The molecular formula is C13H17N2O2. The molecule has 1 N–H and O–H groups in total. The lowest BCUT2D eigenvalue weighted by Crippen LogP contribution is -2.38. The molecule has 4 nitrogen and oxygen atoms in total. The number of carbonyl (C=O) groups is 1. The predicted octanol–water partition coefficient (Wildman–Crippen LogP) is 1.15. The number of nitrogens with zero attached hydrogens (tertiary/aromatic N) is 1. The zero-order chi connectivity index (χ0) is 11.9. The third-order valence-electron chi connectivity index (χ3n) is 2.75. The van der Waals surface area contributed by atoms with Crippen LogP contribution in [0.3, 0.4) is 0 Å². The molecule has 1 saturated heterocycles. The van der Waals surface area contributed by atoms with Gasteiger partial charge in [-0.2, -0.15) is 0 Å². The summed E-state index contributed by atoms with van der Waals surface area (Å²) < 4.78 is 5.26. The lowest BCUT2D eigenvalue weighted by Gasteiger charge is -2.26. The molecule has 91 valence electrons. The second-order valence-electron chi connectivity index (χ2n) is 4.04. The highest BCUT2D eigenvalue weighted by molar-refractivity contribution is 5.90. The molecule has 4 heteroatoms. The van der Waals surface area contributed by atoms with Crippen LogP contribution in [0, 0.1) is 6.07 Å². The Morgan fingerprint density at radius 3 is 3.00 bits per heavy atom. The van der Waals surface area contributed by atoms with E-state index in [0.29, 0.717) is 6.42 Å². The average molecular weight is 233 g/mol. The minimum Gasteiger partial charge on any atom is -0.379 e. The molecule has 0 aromatic heterocycles. The van der Waals surface area contributed by atoms with Crippen LogP contribution >= 0.6 is 0 Å². The van der Waals surface area contributed by atoms with Gasteiger partial charge in [0.2, 0.25) is 5.91 Å². The van der Waals surface area contributed by atoms with E-state index in [2.05, 4.69) is 16.3 Å². The molecular weight excluding hydrogens is 216 g/mol. The number of rotatable bonds is 4. The molecule has 1 amide bonds. The number of hydrogen-bond acceptors (Lipinski definition) is 3. The van der Waals surface area contributed by atoms with Gasteiger partial charge in [-0.05, 0) is 18.2 Å². The summed E-state index contributed by atoms with van der Waals surface area (Å²) in [4.78, 5) is 13.9. The zero-order valence-corrected chi connectivity index (χ0v) is 9.82. The maximum atomic E-state index is 11.7. The van der Waals surface area contributed by atoms with Crippen LogP contribution in [0.15, 0.2) is 24.3 Å². The molecule has 1 aliphatic heterocycles. The maximum Gasteiger partial charge on any atom is 0.225 e. The molecule has 1 aliphatic rings. The fraction of sp³-hybridized carbons (Fsp3) is 0.462. The molecule has 1 fully saturated rings. The number of amides is 1. The molecule has 0 atom stereocenters. The van der Waals surface area contributed by atoms with E-state index < -0.39 is 0 Å². The first-order chi connectivity index (χ1) is 8.34. The molecule has 0 bridgehead atoms. The minimum absolute atomic E-state index is 0.0519. The van der Waals surface area contributed by atoms with Gasteiger partial charge in [0.1, 0.15) is 0 Å². The number of ether oxygens (including phenoxy) is 1. The Hall–Kier alpha value is -1.39. The van der Waals surface area contributed by atoms with Gasteiger partial charge in [-0.3, -0.25) is 9.69 Å². The summed E-state index contributed by atoms with van der Waals surface area (Å²) in [6, 6.07) is 10.2. The Labute approximate surface area is 102 Å². The van der Waals surface area contributed by atoms with Crippen molar-refractivity contribution in [2.75, 3.05) is 38.2 Å². The van der Waals surface area contributed by atoms with Gasteiger partial charge in [-0.1, -0.05) is 12.1 Å². The largest absolute Gasteiger partial charge is 0.379 e. The molecule has 17 heavy (non-hydrogen) atoms. The molecule has 1 aromatic carbocycles. The number of anilines is 1. The Morgan fingerprint density at radius 1 is 1.47 bits per heavy atom. The average Bonchev–Trinajstić information content (AvgIpc) is 2.39. The second-order valence-corrected chi connectivity index (χ2v) is 4.04. The highest BCUT2D eigenvalue weighted by Crippen LogP contribution is 2.05. The minimum atomic E-state index is 0.0519. The molecule has 0 unspecified atom stereocenters. The summed E-state index contributed by atoms with van der Waals surface area (Å²) >= 11 is 0. The van der Waals surface area contributed by atoms with Crippen LogP contribution in [-0.4, -0.2) is 43.7 Å². The second kappa shape index (κ2) is 6.37. The Balaban J connectivity index is 1.70. The maximum absolute atomic E-state index is 11.7. The summed E-state index contributed by atoms with van der Waals surface area (Å²) in [5, 5.41) is 2.85. The Morgan fingerprint density at radius 2 is 2.29 bits per heavy atom. The van der Waals surface area contributed by atoms with Crippen molar-refractivity contribution in [3.63, 3.8) is 0 Å². The number of hydrogen-bond donors (Lipinski definition) is 1. The van der Waals surface area contributed by atoms with E-state index in [1.807, 2.05) is 18.2 Å². The summed E-state index contributed by atoms with van der Waals surface area (Å²) in [5.41, 5.74) is 0.805. The summed E-state index contributed by atoms with van der Waals surface area (Å²) in [6.07, 6.45) is 0.523. The summed E-state index contributed by atoms with van der Waals surface area (Å²) in [5.74, 6) is 0.0519. The summed E-state index contributed by atoms with van der Waals surface area (Å²) in [6.45, 7) is 4.19. The number of benzene rings is 1. The van der Waals surface area contributed by atoms with Gasteiger partial charge in [0.25, 0.3) is 0 Å². The van der Waals surface area contributed by atoms with Crippen LogP contribution < -0.4 is 5.32 Å². The number of carbonyl (C=O) groups excluding carboxylic acids is 1. The van der Waals surface area contributed by atoms with Crippen molar-refractivity contribution in [1.29, 1.82) is 0 Å². The lowest BCUT2D eigenvalue weighted by molar-refractivity contribution is -0.116. The van der Waals surface area contributed by atoms with Crippen molar-refractivity contribution in [2.24, 2.45) is 0 Å². The van der Waals surface area contributed by atoms with Crippen molar-refractivity contribution in [2.45, 2.75) is 6.42 Å². The van der Waals surface area contributed by atoms with E-state index in [9.17, 15) is 4.79 Å². The topological polar surface area (TPSA) is 41.6 Å². The highest BCUT2D eigenvalue weighted by Gasteiger charge is 2.11. The first-order valence-electron chi connectivity index (χ1n) is 5.91. The van der Waals surface area contributed by atoms with Gasteiger partial charge in [0.05, 0.1) is 13.2 Å². The Bertz CT molecular complexity index is 348. The fourth-order valence-corrected chi connectivity index (χ4v) is 1.78. The van der Waals surface area contributed by atoms with Gasteiger partial charge >= 0.3 is 0 Å².